The molecule has 2 aliphatic heterocycles. The van der Waals surface area contributed by atoms with E-state index in [1.165, 1.54) is 0 Å². The number of benzene rings is 5. The van der Waals surface area contributed by atoms with E-state index in [0.29, 0.717) is 0 Å². The maximum absolute atomic E-state index is 11.6. The van der Waals surface area contributed by atoms with Crippen LogP contribution in [0.25, 0.3) is 0 Å². The van der Waals surface area contributed by atoms with Gasteiger partial charge in [-0.15, -0.1) is 6.58 Å². The van der Waals surface area contributed by atoms with Gasteiger partial charge in [0.2, 0.25) is 0 Å². The van der Waals surface area contributed by atoms with E-state index < -0.39 is 68.0 Å². The summed E-state index contributed by atoms with van der Waals surface area (Å²) in [5.41, 5.74) is 4.63. The van der Waals surface area contributed by atoms with Gasteiger partial charge in [-0.3, -0.25) is 0 Å². The van der Waals surface area contributed by atoms with Crippen LogP contribution >= 0.6 is 0 Å². The Morgan fingerprint density at radius 2 is 0.836 bits per heavy atom. The Kier molecular flexibility index (Phi) is 17.2. The molecule has 5 aromatic carbocycles. The van der Waals surface area contributed by atoms with Crippen LogP contribution in [0.4, 0.5) is 0 Å². The second-order valence-electron chi connectivity index (χ2n) is 15.0. The molecule has 11 nitrogen and oxygen atoms in total. The van der Waals surface area contributed by atoms with Crippen molar-refractivity contribution in [2.45, 2.75) is 94.4 Å². The fourth-order valence-electron chi connectivity index (χ4n) is 7.52. The molecule has 0 radical (unpaired) electrons. The summed E-state index contributed by atoms with van der Waals surface area (Å²) in [6.07, 6.45) is -8.06. The molecule has 61 heavy (non-hydrogen) atoms. The lowest BCUT2D eigenvalue weighted by Gasteiger charge is -2.49. The highest BCUT2D eigenvalue weighted by atomic mass is 16.7. The second kappa shape index (κ2) is 23.6. The third kappa shape index (κ3) is 12.7. The van der Waals surface area contributed by atoms with Crippen LogP contribution in [-0.2, 0) is 75.7 Å². The molecule has 0 amide bonds. The van der Waals surface area contributed by atoms with Crippen molar-refractivity contribution in [1.29, 1.82) is 0 Å². The lowest BCUT2D eigenvalue weighted by atomic mass is 9.95. The summed E-state index contributed by atoms with van der Waals surface area (Å²) in [7, 11) is 0. The molecule has 2 fully saturated rings. The van der Waals surface area contributed by atoms with Gasteiger partial charge in [-0.05, 0) is 27.8 Å². The Hall–Kier alpha value is -4.60. The van der Waals surface area contributed by atoms with Gasteiger partial charge >= 0.3 is 0 Å². The maximum Gasteiger partial charge on any atom is 0.187 e. The van der Waals surface area contributed by atoms with Crippen molar-refractivity contribution in [3.05, 3.63) is 192 Å². The monoisotopic (exact) mass is 832 g/mol. The van der Waals surface area contributed by atoms with Crippen molar-refractivity contribution in [2.24, 2.45) is 0 Å². The number of aliphatic hydroxyl groups excluding tert-OH is 2. The summed E-state index contributed by atoms with van der Waals surface area (Å²) in [5, 5.41) is 22.6. The molecule has 2 aliphatic rings. The highest BCUT2D eigenvalue weighted by Crippen LogP contribution is 2.36. The molecule has 7 rings (SSSR count). The minimum absolute atomic E-state index is 0.0206. The van der Waals surface area contributed by atoms with Crippen molar-refractivity contribution < 1.29 is 52.8 Å². The van der Waals surface area contributed by atoms with Crippen LogP contribution in [0.15, 0.2) is 164 Å². The Bertz CT molecular complexity index is 1960. The zero-order chi connectivity index (χ0) is 42.1. The Balaban J connectivity index is 1.25. The maximum atomic E-state index is 11.6. The summed E-state index contributed by atoms with van der Waals surface area (Å²) in [6, 6.07) is 48.8. The third-order valence-corrected chi connectivity index (χ3v) is 10.6. The lowest BCUT2D eigenvalue weighted by molar-refractivity contribution is -0.373. The van der Waals surface area contributed by atoms with Crippen LogP contribution in [0.1, 0.15) is 27.8 Å². The molecule has 0 aromatic heterocycles. The summed E-state index contributed by atoms with van der Waals surface area (Å²) >= 11 is 0. The average Bonchev–Trinajstić information content (AvgIpc) is 3.31. The first-order valence-corrected chi connectivity index (χ1v) is 20.8. The van der Waals surface area contributed by atoms with E-state index in [1.807, 2.05) is 152 Å². The van der Waals surface area contributed by atoms with Crippen LogP contribution in [0.5, 0.6) is 0 Å². The van der Waals surface area contributed by atoms with Crippen LogP contribution in [0.2, 0.25) is 0 Å². The Labute approximate surface area is 358 Å². The van der Waals surface area contributed by atoms with Gasteiger partial charge in [-0.25, -0.2) is 0 Å². The van der Waals surface area contributed by atoms with Crippen molar-refractivity contribution >= 4 is 0 Å². The predicted octanol–water partition coefficient (Wildman–Crippen LogP) is 6.94. The molecular formula is C50H56O11. The third-order valence-electron chi connectivity index (χ3n) is 10.6. The molecule has 0 aliphatic carbocycles. The molecule has 2 N–H and O–H groups in total. The minimum atomic E-state index is -1.40. The SMILES string of the molecule is C=CCOC[C@H]1O[C@H](O)[C@H](OCc2ccccc2)[C@@H](OCc2ccccc2)[C@@H]1O[C@@H]1O[C@H](CO)[C@@H](OCc2ccccc2)[C@H](OCc2ccccc2)[C@H]1OCc1ccccc1. The molecule has 0 saturated carbocycles. The zero-order valence-electron chi connectivity index (χ0n) is 34.2. The van der Waals surface area contributed by atoms with E-state index in [9.17, 15) is 10.2 Å². The zero-order valence-corrected chi connectivity index (χ0v) is 34.2. The fraction of sp³-hybridized carbons (Fsp3) is 0.360. The minimum Gasteiger partial charge on any atom is -0.394 e. The van der Waals surface area contributed by atoms with Crippen LogP contribution in [0, 0.1) is 0 Å². The first-order chi connectivity index (χ1) is 30.1. The molecule has 0 unspecified atom stereocenters. The van der Waals surface area contributed by atoms with Crippen molar-refractivity contribution in [3.63, 3.8) is 0 Å². The van der Waals surface area contributed by atoms with Gasteiger partial charge in [0.15, 0.2) is 12.6 Å². The van der Waals surface area contributed by atoms with Gasteiger partial charge < -0.3 is 52.8 Å². The molecule has 0 spiro atoms. The largest absolute Gasteiger partial charge is 0.394 e. The Morgan fingerprint density at radius 1 is 0.459 bits per heavy atom. The van der Waals surface area contributed by atoms with Gasteiger partial charge in [-0.1, -0.05) is 158 Å². The standard InChI is InChI=1S/C50H56O11/c1-2-28-53-35-42-44(46(56-32-38-22-12-5-13-23-38)47(49(52)59-42)57-33-39-24-14-6-15-25-39)61-50-48(58-34-40-26-16-7-17-27-40)45(55-31-37-20-10-4-11-21-37)43(41(29-51)60-50)54-30-36-18-8-3-9-19-36/h2-27,41-52H,1,28-35H2/t41-,42-,43-,44-,45+,46+,47-,48-,49+,50+/m1/s1. The average molecular weight is 833 g/mol. The van der Waals surface area contributed by atoms with Crippen molar-refractivity contribution in [1.82, 2.24) is 0 Å². The normalized spacial score (nSPS) is 26.5. The quantitative estimate of drug-likeness (QED) is 0.0558. The van der Waals surface area contributed by atoms with E-state index in [-0.39, 0.29) is 46.2 Å². The molecular weight excluding hydrogens is 777 g/mol. The van der Waals surface area contributed by atoms with Gasteiger partial charge in [0.05, 0.1) is 52.9 Å². The fourth-order valence-corrected chi connectivity index (χ4v) is 7.52. The molecule has 5 aromatic rings. The second-order valence-corrected chi connectivity index (χ2v) is 15.0. The van der Waals surface area contributed by atoms with Gasteiger partial charge in [0.25, 0.3) is 0 Å². The van der Waals surface area contributed by atoms with Gasteiger partial charge in [0.1, 0.15) is 48.8 Å². The summed E-state index contributed by atoms with van der Waals surface area (Å²) in [5.74, 6) is 0. The van der Waals surface area contributed by atoms with E-state index in [4.69, 9.17) is 42.6 Å². The number of hydrogen-bond donors (Lipinski definition) is 2. The number of ether oxygens (including phenoxy) is 9. The molecule has 322 valence electrons. The van der Waals surface area contributed by atoms with Gasteiger partial charge in [0, 0.05) is 0 Å². The predicted molar refractivity (Wildman–Crippen MR) is 228 cm³/mol. The van der Waals surface area contributed by atoms with Crippen molar-refractivity contribution in [3.8, 4) is 0 Å². The summed E-state index contributed by atoms with van der Waals surface area (Å²) < 4.78 is 59.5. The van der Waals surface area contributed by atoms with Crippen LogP contribution < -0.4 is 0 Å². The molecule has 0 bridgehead atoms. The number of rotatable bonds is 22. The van der Waals surface area contributed by atoms with E-state index >= 15 is 0 Å². The topological polar surface area (TPSA) is 124 Å². The number of hydrogen-bond acceptors (Lipinski definition) is 11. The van der Waals surface area contributed by atoms with E-state index in [0.717, 1.165) is 27.8 Å². The lowest BCUT2D eigenvalue weighted by Crippen LogP contribution is -2.66. The Morgan fingerprint density at radius 3 is 1.25 bits per heavy atom. The number of aliphatic hydroxyl groups is 2. The van der Waals surface area contributed by atoms with Gasteiger partial charge in [-0.2, -0.15) is 0 Å². The molecule has 11 heteroatoms. The highest BCUT2D eigenvalue weighted by Gasteiger charge is 2.54. The van der Waals surface area contributed by atoms with Crippen molar-refractivity contribution in [2.75, 3.05) is 19.8 Å². The molecule has 2 heterocycles. The smallest absolute Gasteiger partial charge is 0.187 e. The first kappa shape index (κ1) is 44.5. The molecule has 10 atom stereocenters. The summed E-state index contributed by atoms with van der Waals surface area (Å²) in [6.45, 7) is 4.66. The van der Waals surface area contributed by atoms with Crippen LogP contribution in [0.3, 0.4) is 0 Å². The summed E-state index contributed by atoms with van der Waals surface area (Å²) in [4.78, 5) is 0. The highest BCUT2D eigenvalue weighted by molar-refractivity contribution is 5.17. The van der Waals surface area contributed by atoms with E-state index in [2.05, 4.69) is 6.58 Å². The molecule has 2 saturated heterocycles. The van der Waals surface area contributed by atoms with E-state index in [1.54, 1.807) is 6.08 Å². The van der Waals surface area contributed by atoms with Crippen LogP contribution in [-0.4, -0.2) is 91.4 Å². The first-order valence-electron chi connectivity index (χ1n) is 20.8.